The molecule has 2 aromatic rings. The Balaban J connectivity index is 2.08. The zero-order chi connectivity index (χ0) is 13.8. The maximum Gasteiger partial charge on any atom is 0.138 e. The summed E-state index contributed by atoms with van der Waals surface area (Å²) in [7, 11) is 0. The molecule has 1 aromatic carbocycles. The summed E-state index contributed by atoms with van der Waals surface area (Å²) in [6.45, 7) is 3.92. The molecule has 0 spiro atoms. The molecule has 0 amide bonds. The van der Waals surface area contributed by atoms with Gasteiger partial charge in [-0.2, -0.15) is 0 Å². The molecule has 0 saturated heterocycles. The fraction of sp³-hybridized carbons (Fsp3) is 0.286. The number of nitrogens with zero attached hydrogens (tertiary/aromatic N) is 2. The van der Waals surface area contributed by atoms with E-state index < -0.39 is 0 Å². The lowest BCUT2D eigenvalue weighted by Gasteiger charge is -2.09. The zero-order valence-electron chi connectivity index (χ0n) is 10.9. The SMILES string of the molecule is Cc1nc(CSc2ccccc2Br)ncc1[C@H](C)N. The van der Waals surface area contributed by atoms with Crippen molar-refractivity contribution in [1.29, 1.82) is 0 Å². The number of rotatable bonds is 4. The third-order valence-corrected chi connectivity index (χ3v) is 4.77. The molecule has 0 radical (unpaired) electrons. The van der Waals surface area contributed by atoms with E-state index in [0.29, 0.717) is 0 Å². The van der Waals surface area contributed by atoms with Gasteiger partial charge in [-0.05, 0) is 41.9 Å². The van der Waals surface area contributed by atoms with Crippen LogP contribution in [0.4, 0.5) is 0 Å². The molecule has 0 aliphatic rings. The lowest BCUT2D eigenvalue weighted by atomic mass is 10.1. The summed E-state index contributed by atoms with van der Waals surface area (Å²) in [5.41, 5.74) is 7.83. The predicted octanol–water partition coefficient (Wildman–Crippen LogP) is 3.86. The molecule has 100 valence electrons. The standard InChI is InChI=1S/C14H16BrN3S/c1-9(16)11-7-17-14(18-10(11)2)8-19-13-6-4-3-5-12(13)15/h3-7,9H,8,16H2,1-2H3/t9-/m0/s1. The van der Waals surface area contributed by atoms with Crippen LogP contribution in [0.2, 0.25) is 0 Å². The van der Waals surface area contributed by atoms with Gasteiger partial charge in [0.1, 0.15) is 5.82 Å². The Hall–Kier alpha value is -0.910. The van der Waals surface area contributed by atoms with Crippen molar-refractivity contribution in [1.82, 2.24) is 9.97 Å². The number of aryl methyl sites for hydroxylation is 1. The van der Waals surface area contributed by atoms with E-state index in [-0.39, 0.29) is 6.04 Å². The van der Waals surface area contributed by atoms with Crippen LogP contribution < -0.4 is 5.73 Å². The Morgan fingerprint density at radius 1 is 1.37 bits per heavy atom. The number of benzene rings is 1. The minimum absolute atomic E-state index is 0.0232. The van der Waals surface area contributed by atoms with Crippen LogP contribution in [-0.4, -0.2) is 9.97 Å². The second kappa shape index (κ2) is 6.50. The van der Waals surface area contributed by atoms with E-state index in [1.165, 1.54) is 4.90 Å². The predicted molar refractivity (Wildman–Crippen MR) is 83.1 cm³/mol. The highest BCUT2D eigenvalue weighted by Gasteiger charge is 2.08. The average molecular weight is 338 g/mol. The van der Waals surface area contributed by atoms with E-state index >= 15 is 0 Å². The number of nitrogens with two attached hydrogens (primary N) is 1. The second-order valence-electron chi connectivity index (χ2n) is 4.33. The van der Waals surface area contributed by atoms with Crippen LogP contribution in [0.25, 0.3) is 0 Å². The molecule has 1 aromatic heterocycles. The molecule has 2 rings (SSSR count). The van der Waals surface area contributed by atoms with Gasteiger partial charge in [-0.15, -0.1) is 11.8 Å². The van der Waals surface area contributed by atoms with Crippen LogP contribution in [-0.2, 0) is 5.75 Å². The lowest BCUT2D eigenvalue weighted by molar-refractivity contribution is 0.781. The molecule has 0 bridgehead atoms. The quantitative estimate of drug-likeness (QED) is 0.860. The number of thioether (sulfide) groups is 1. The first-order chi connectivity index (χ1) is 9.08. The molecule has 3 nitrogen and oxygen atoms in total. The van der Waals surface area contributed by atoms with Gasteiger partial charge >= 0.3 is 0 Å². The molecule has 0 saturated carbocycles. The van der Waals surface area contributed by atoms with Crippen molar-refractivity contribution in [3.8, 4) is 0 Å². The van der Waals surface area contributed by atoms with Gasteiger partial charge in [-0.1, -0.05) is 12.1 Å². The number of halogens is 1. The van der Waals surface area contributed by atoms with Crippen LogP contribution in [0.3, 0.4) is 0 Å². The first-order valence-electron chi connectivity index (χ1n) is 6.03. The van der Waals surface area contributed by atoms with E-state index in [2.05, 4.69) is 32.0 Å². The highest BCUT2D eigenvalue weighted by atomic mass is 79.9. The Kier molecular flexibility index (Phi) is 4.96. The van der Waals surface area contributed by atoms with Gasteiger partial charge in [0.2, 0.25) is 0 Å². The molecule has 2 N–H and O–H groups in total. The van der Waals surface area contributed by atoms with Gasteiger partial charge in [-0.3, -0.25) is 0 Å². The maximum absolute atomic E-state index is 5.86. The van der Waals surface area contributed by atoms with Gasteiger partial charge in [0.15, 0.2) is 0 Å². The fourth-order valence-corrected chi connectivity index (χ4v) is 3.18. The summed E-state index contributed by atoms with van der Waals surface area (Å²) < 4.78 is 1.10. The molecule has 0 unspecified atom stereocenters. The van der Waals surface area contributed by atoms with Crippen molar-refractivity contribution < 1.29 is 0 Å². The first kappa shape index (κ1) is 14.5. The molecule has 0 aliphatic heterocycles. The summed E-state index contributed by atoms with van der Waals surface area (Å²) in [4.78, 5) is 10.1. The van der Waals surface area contributed by atoms with Crippen molar-refractivity contribution in [2.45, 2.75) is 30.5 Å². The number of hydrogen-bond acceptors (Lipinski definition) is 4. The summed E-state index contributed by atoms with van der Waals surface area (Å²) >= 11 is 5.26. The summed E-state index contributed by atoms with van der Waals surface area (Å²) in [6, 6.07) is 8.13. The molecular weight excluding hydrogens is 322 g/mol. The largest absolute Gasteiger partial charge is 0.324 e. The molecule has 1 atom stereocenters. The highest BCUT2D eigenvalue weighted by molar-refractivity contribution is 9.10. The molecule has 0 fully saturated rings. The Morgan fingerprint density at radius 2 is 2.11 bits per heavy atom. The zero-order valence-corrected chi connectivity index (χ0v) is 13.3. The minimum Gasteiger partial charge on any atom is -0.324 e. The number of hydrogen-bond donors (Lipinski definition) is 1. The van der Waals surface area contributed by atoms with E-state index in [1.807, 2.05) is 38.2 Å². The summed E-state index contributed by atoms with van der Waals surface area (Å²) in [6.07, 6.45) is 1.84. The summed E-state index contributed by atoms with van der Waals surface area (Å²) in [5.74, 6) is 1.59. The minimum atomic E-state index is -0.0232. The maximum atomic E-state index is 5.86. The van der Waals surface area contributed by atoms with E-state index in [9.17, 15) is 0 Å². The van der Waals surface area contributed by atoms with Gasteiger partial charge in [-0.25, -0.2) is 9.97 Å². The van der Waals surface area contributed by atoms with E-state index in [1.54, 1.807) is 11.8 Å². The van der Waals surface area contributed by atoms with Crippen molar-refractivity contribution in [2.75, 3.05) is 0 Å². The third-order valence-electron chi connectivity index (χ3n) is 2.75. The fourth-order valence-electron chi connectivity index (χ4n) is 1.75. The Morgan fingerprint density at radius 3 is 2.74 bits per heavy atom. The van der Waals surface area contributed by atoms with E-state index in [0.717, 1.165) is 27.3 Å². The monoisotopic (exact) mass is 337 g/mol. The Bertz CT molecular complexity index is 572. The highest BCUT2D eigenvalue weighted by Crippen LogP contribution is 2.29. The topological polar surface area (TPSA) is 51.8 Å². The number of aromatic nitrogens is 2. The van der Waals surface area contributed by atoms with Gasteiger partial charge in [0.05, 0.1) is 5.75 Å². The Labute approximate surface area is 126 Å². The molecule has 1 heterocycles. The molecule has 0 aliphatic carbocycles. The molecule has 19 heavy (non-hydrogen) atoms. The smallest absolute Gasteiger partial charge is 0.138 e. The van der Waals surface area contributed by atoms with Gasteiger partial charge < -0.3 is 5.73 Å². The van der Waals surface area contributed by atoms with Crippen molar-refractivity contribution >= 4 is 27.7 Å². The second-order valence-corrected chi connectivity index (χ2v) is 6.21. The average Bonchev–Trinajstić information content (AvgIpc) is 2.37. The van der Waals surface area contributed by atoms with Crippen LogP contribution >= 0.6 is 27.7 Å². The third kappa shape index (κ3) is 3.78. The molecule has 5 heteroatoms. The normalized spacial score (nSPS) is 12.4. The van der Waals surface area contributed by atoms with Crippen molar-refractivity contribution in [3.05, 3.63) is 52.0 Å². The van der Waals surface area contributed by atoms with Crippen LogP contribution in [0.15, 0.2) is 39.8 Å². The van der Waals surface area contributed by atoms with Crippen molar-refractivity contribution in [2.24, 2.45) is 5.73 Å². The van der Waals surface area contributed by atoms with Crippen LogP contribution in [0.5, 0.6) is 0 Å². The van der Waals surface area contributed by atoms with Gasteiger partial charge in [0.25, 0.3) is 0 Å². The van der Waals surface area contributed by atoms with Crippen molar-refractivity contribution in [3.63, 3.8) is 0 Å². The first-order valence-corrected chi connectivity index (χ1v) is 7.81. The molecular formula is C14H16BrN3S. The van der Waals surface area contributed by atoms with E-state index in [4.69, 9.17) is 5.73 Å². The lowest BCUT2D eigenvalue weighted by Crippen LogP contribution is -2.10. The van der Waals surface area contributed by atoms with Crippen LogP contribution in [0, 0.1) is 6.92 Å². The van der Waals surface area contributed by atoms with Gasteiger partial charge in [0, 0.05) is 32.9 Å². The van der Waals surface area contributed by atoms with Crippen LogP contribution in [0.1, 0.15) is 30.0 Å². The summed E-state index contributed by atoms with van der Waals surface area (Å²) in [5, 5.41) is 0.